The second kappa shape index (κ2) is 10.1. The molecule has 10 heteroatoms. The Hall–Kier alpha value is -3.14. The maximum Gasteiger partial charge on any atom is 0.245 e. The molecular formula is C26H28ClN5O3S. The number of anilines is 2. The zero-order valence-electron chi connectivity index (χ0n) is 20.1. The second-order valence-electron chi connectivity index (χ2n) is 9.13. The van der Waals surface area contributed by atoms with Crippen LogP contribution < -0.4 is 15.4 Å². The smallest absolute Gasteiger partial charge is 0.245 e. The molecule has 1 unspecified atom stereocenters. The maximum atomic E-state index is 12.7. The van der Waals surface area contributed by atoms with Crippen LogP contribution in [0.4, 0.5) is 11.6 Å². The van der Waals surface area contributed by atoms with E-state index in [-0.39, 0.29) is 0 Å². The van der Waals surface area contributed by atoms with Gasteiger partial charge in [-0.05, 0) is 69.6 Å². The van der Waals surface area contributed by atoms with Crippen LogP contribution in [0.3, 0.4) is 0 Å². The minimum atomic E-state index is -3.39. The van der Waals surface area contributed by atoms with E-state index in [0.717, 1.165) is 41.8 Å². The zero-order valence-corrected chi connectivity index (χ0v) is 21.7. The van der Waals surface area contributed by atoms with Crippen LogP contribution >= 0.6 is 11.6 Å². The van der Waals surface area contributed by atoms with E-state index in [1.807, 2.05) is 30.3 Å². The van der Waals surface area contributed by atoms with Gasteiger partial charge >= 0.3 is 0 Å². The van der Waals surface area contributed by atoms with Gasteiger partial charge < -0.3 is 15.4 Å². The third-order valence-corrected chi connectivity index (χ3v) is 8.73. The van der Waals surface area contributed by atoms with Gasteiger partial charge in [-0.25, -0.2) is 17.9 Å². The van der Waals surface area contributed by atoms with Gasteiger partial charge in [0.15, 0.2) is 9.84 Å². The SMILES string of the molecule is CC(C)S(=O)(=O)c1cccc(-c2ccc3cnc(Nc4ccc(Cl)c(OCC5CCCN5)c4)nn23)c1. The molecule has 2 aromatic heterocycles. The number of halogens is 1. The number of fused-ring (bicyclic) bond motifs is 1. The van der Waals surface area contributed by atoms with Crippen LogP contribution in [0.25, 0.3) is 16.8 Å². The number of ether oxygens (including phenoxy) is 1. The van der Waals surface area contributed by atoms with Crippen LogP contribution in [0.1, 0.15) is 26.7 Å². The number of nitrogens with one attached hydrogen (secondary N) is 2. The molecule has 1 aliphatic rings. The summed E-state index contributed by atoms with van der Waals surface area (Å²) < 4.78 is 33.1. The number of benzene rings is 2. The Morgan fingerprint density at radius 1 is 1.19 bits per heavy atom. The van der Waals surface area contributed by atoms with Gasteiger partial charge in [-0.1, -0.05) is 23.7 Å². The van der Waals surface area contributed by atoms with Crippen molar-refractivity contribution in [1.29, 1.82) is 0 Å². The van der Waals surface area contributed by atoms with Crippen LogP contribution in [0.2, 0.25) is 5.02 Å². The van der Waals surface area contributed by atoms with E-state index in [1.165, 1.54) is 0 Å². The summed E-state index contributed by atoms with van der Waals surface area (Å²) in [5, 5.41) is 11.3. The lowest BCUT2D eigenvalue weighted by molar-refractivity contribution is 0.277. The van der Waals surface area contributed by atoms with Gasteiger partial charge in [-0.2, -0.15) is 0 Å². The summed E-state index contributed by atoms with van der Waals surface area (Å²) >= 11 is 6.35. The summed E-state index contributed by atoms with van der Waals surface area (Å²) in [6.07, 6.45) is 3.96. The van der Waals surface area contributed by atoms with Crippen LogP contribution in [0.5, 0.6) is 5.75 Å². The first kappa shape index (κ1) is 24.5. The third kappa shape index (κ3) is 5.04. The Morgan fingerprint density at radius 3 is 2.83 bits per heavy atom. The number of sulfone groups is 1. The van der Waals surface area contributed by atoms with Crippen LogP contribution in [0.15, 0.2) is 65.7 Å². The topological polar surface area (TPSA) is 97.6 Å². The largest absolute Gasteiger partial charge is 0.490 e. The summed E-state index contributed by atoms with van der Waals surface area (Å²) in [5.74, 6) is 0.984. The number of aromatic nitrogens is 3. The van der Waals surface area contributed by atoms with Crippen molar-refractivity contribution in [3.05, 3.63) is 65.8 Å². The van der Waals surface area contributed by atoms with Gasteiger partial charge in [0.2, 0.25) is 5.95 Å². The van der Waals surface area contributed by atoms with Crippen molar-refractivity contribution in [1.82, 2.24) is 19.9 Å². The highest BCUT2D eigenvalue weighted by Gasteiger charge is 2.20. The summed E-state index contributed by atoms with van der Waals surface area (Å²) in [7, 11) is -3.39. The Morgan fingerprint density at radius 2 is 2.06 bits per heavy atom. The fourth-order valence-corrected chi connectivity index (χ4v) is 5.47. The molecule has 3 heterocycles. The standard InChI is InChI=1S/C26H28ClN5O3S/c1-17(2)36(33,34)22-7-3-5-18(13-22)24-11-9-21-15-29-26(31-32(21)24)30-19-8-10-23(27)25(14-19)35-16-20-6-4-12-28-20/h3,5,7-11,13-15,17,20,28H,4,6,12,16H2,1-2H3,(H,30,31). The molecule has 188 valence electrons. The van der Waals surface area contributed by atoms with E-state index in [2.05, 4.69) is 20.7 Å². The molecule has 4 aromatic rings. The van der Waals surface area contributed by atoms with Crippen LogP contribution in [-0.2, 0) is 9.84 Å². The van der Waals surface area contributed by atoms with Crippen molar-refractivity contribution >= 4 is 38.6 Å². The van der Waals surface area contributed by atoms with Crippen LogP contribution in [-0.4, -0.2) is 47.5 Å². The predicted molar refractivity (Wildman–Crippen MR) is 142 cm³/mol. The van der Waals surface area contributed by atoms with Gasteiger partial charge in [-0.3, -0.25) is 0 Å². The lowest BCUT2D eigenvalue weighted by atomic mass is 10.2. The fraction of sp³-hybridized carbons (Fsp3) is 0.308. The van der Waals surface area contributed by atoms with Gasteiger partial charge in [0.25, 0.3) is 0 Å². The average molecular weight is 526 g/mol. The molecule has 1 saturated heterocycles. The van der Waals surface area contributed by atoms with Crippen molar-refractivity contribution in [2.45, 2.75) is 42.9 Å². The van der Waals surface area contributed by atoms with Crippen molar-refractivity contribution in [3.8, 4) is 17.0 Å². The van der Waals surface area contributed by atoms with Crippen LogP contribution in [0, 0.1) is 0 Å². The first-order valence-corrected chi connectivity index (χ1v) is 13.9. The van der Waals surface area contributed by atoms with E-state index < -0.39 is 15.1 Å². The van der Waals surface area contributed by atoms with E-state index in [4.69, 9.17) is 16.3 Å². The highest BCUT2D eigenvalue weighted by Crippen LogP contribution is 2.30. The molecule has 0 radical (unpaired) electrons. The number of hydrogen-bond donors (Lipinski definition) is 2. The van der Waals surface area contributed by atoms with Gasteiger partial charge in [0, 0.05) is 23.4 Å². The molecule has 0 saturated carbocycles. The number of rotatable bonds is 8. The summed E-state index contributed by atoms with van der Waals surface area (Å²) in [6.45, 7) is 4.93. The average Bonchev–Trinajstić information content (AvgIpc) is 3.54. The van der Waals surface area contributed by atoms with Crippen molar-refractivity contribution in [2.24, 2.45) is 0 Å². The van der Waals surface area contributed by atoms with Crippen molar-refractivity contribution in [3.63, 3.8) is 0 Å². The minimum Gasteiger partial charge on any atom is -0.490 e. The molecule has 1 aliphatic heterocycles. The summed E-state index contributed by atoms with van der Waals surface area (Å²) in [5.41, 5.74) is 3.05. The minimum absolute atomic E-state index is 0.291. The van der Waals surface area contributed by atoms with Gasteiger partial charge in [0.1, 0.15) is 12.4 Å². The quantitative estimate of drug-likeness (QED) is 0.330. The number of hydrogen-bond acceptors (Lipinski definition) is 7. The highest BCUT2D eigenvalue weighted by atomic mass is 35.5. The maximum absolute atomic E-state index is 12.7. The molecule has 2 N–H and O–H groups in total. The molecule has 0 amide bonds. The van der Waals surface area contributed by atoms with E-state index >= 15 is 0 Å². The Balaban J connectivity index is 1.41. The first-order valence-electron chi connectivity index (χ1n) is 11.9. The van der Waals surface area contributed by atoms with Crippen molar-refractivity contribution in [2.75, 3.05) is 18.5 Å². The molecule has 8 nitrogen and oxygen atoms in total. The second-order valence-corrected chi connectivity index (χ2v) is 12.0. The van der Waals surface area contributed by atoms with Gasteiger partial charge in [0.05, 0.1) is 32.6 Å². The molecule has 0 aliphatic carbocycles. The monoisotopic (exact) mass is 525 g/mol. The normalized spacial score (nSPS) is 16.1. The molecule has 0 bridgehead atoms. The van der Waals surface area contributed by atoms with E-state index in [1.54, 1.807) is 48.8 Å². The third-order valence-electron chi connectivity index (χ3n) is 6.27. The molecular weight excluding hydrogens is 498 g/mol. The van der Waals surface area contributed by atoms with E-state index in [9.17, 15) is 8.42 Å². The molecule has 2 aromatic carbocycles. The Labute approximate surface area is 215 Å². The summed E-state index contributed by atoms with van der Waals surface area (Å²) in [6, 6.07) is 16.5. The fourth-order valence-electron chi connectivity index (χ4n) is 4.19. The molecule has 1 fully saturated rings. The molecule has 5 rings (SSSR count). The first-order chi connectivity index (χ1) is 17.3. The zero-order chi connectivity index (χ0) is 25.3. The Kier molecular flexibility index (Phi) is 6.87. The lowest BCUT2D eigenvalue weighted by Gasteiger charge is -2.14. The predicted octanol–water partition coefficient (Wildman–Crippen LogP) is 5.11. The molecule has 1 atom stereocenters. The molecule has 36 heavy (non-hydrogen) atoms. The van der Waals surface area contributed by atoms with E-state index in [0.29, 0.717) is 34.3 Å². The summed E-state index contributed by atoms with van der Waals surface area (Å²) in [4.78, 5) is 4.72. The lowest BCUT2D eigenvalue weighted by Crippen LogP contribution is -2.28. The Bertz CT molecular complexity index is 1500. The molecule has 0 spiro atoms. The van der Waals surface area contributed by atoms with Gasteiger partial charge in [-0.15, -0.1) is 5.10 Å². The highest BCUT2D eigenvalue weighted by molar-refractivity contribution is 7.92. The van der Waals surface area contributed by atoms with Crippen molar-refractivity contribution < 1.29 is 13.2 Å². The number of nitrogens with zero attached hydrogens (tertiary/aromatic N) is 3.